The Bertz CT molecular complexity index is 872. The highest BCUT2D eigenvalue weighted by Crippen LogP contribution is 2.23. The summed E-state index contributed by atoms with van der Waals surface area (Å²) in [5.41, 5.74) is 2.11. The van der Waals surface area contributed by atoms with Crippen LogP contribution in [0.5, 0.6) is 0 Å². The lowest BCUT2D eigenvalue weighted by molar-refractivity contribution is 0.513. The first kappa shape index (κ1) is 21.5. The maximum atomic E-state index is 5.93. The van der Waals surface area contributed by atoms with E-state index in [0.717, 1.165) is 39.8 Å². The highest BCUT2D eigenvalue weighted by molar-refractivity contribution is 14.0. The summed E-state index contributed by atoms with van der Waals surface area (Å²) in [5.74, 6) is 2.45. The fourth-order valence-electron chi connectivity index (χ4n) is 2.47. The molecule has 0 aliphatic heterocycles. The van der Waals surface area contributed by atoms with Crippen LogP contribution in [0, 0.1) is 0 Å². The molecule has 0 aliphatic carbocycles. The van der Waals surface area contributed by atoms with Gasteiger partial charge in [-0.25, -0.2) is 4.99 Å². The van der Waals surface area contributed by atoms with Crippen LogP contribution in [0.4, 0.5) is 0 Å². The van der Waals surface area contributed by atoms with Gasteiger partial charge in [0.15, 0.2) is 5.96 Å². The van der Waals surface area contributed by atoms with Crippen molar-refractivity contribution in [2.24, 2.45) is 12.0 Å². The molecule has 2 N–H and O–H groups in total. The van der Waals surface area contributed by atoms with Crippen molar-refractivity contribution in [3.8, 4) is 11.3 Å². The van der Waals surface area contributed by atoms with E-state index in [4.69, 9.17) is 4.42 Å². The van der Waals surface area contributed by atoms with E-state index in [1.54, 1.807) is 6.20 Å². The van der Waals surface area contributed by atoms with Crippen molar-refractivity contribution in [1.82, 2.24) is 20.4 Å². The maximum absolute atomic E-state index is 5.93. The summed E-state index contributed by atoms with van der Waals surface area (Å²) in [5, 5.41) is 10.7. The number of nitrogens with zero attached hydrogens (tertiary/aromatic N) is 3. The summed E-state index contributed by atoms with van der Waals surface area (Å²) in [6.07, 6.45) is 1.78. The number of nitrogens with one attached hydrogen (secondary N) is 2. The van der Waals surface area contributed by atoms with E-state index in [9.17, 15) is 0 Å². The van der Waals surface area contributed by atoms with Crippen LogP contribution in [0.25, 0.3) is 11.3 Å². The Morgan fingerprint density at radius 1 is 1.15 bits per heavy atom. The molecule has 0 spiro atoms. The van der Waals surface area contributed by atoms with E-state index in [-0.39, 0.29) is 24.0 Å². The molecule has 0 amide bonds. The van der Waals surface area contributed by atoms with Crippen molar-refractivity contribution in [3.05, 3.63) is 64.6 Å². The smallest absolute Gasteiger partial charge is 0.192 e. The molecule has 0 radical (unpaired) electrons. The minimum atomic E-state index is 0. The van der Waals surface area contributed by atoms with Crippen molar-refractivity contribution in [2.45, 2.75) is 20.0 Å². The second-order valence-electron chi connectivity index (χ2n) is 5.77. The lowest BCUT2D eigenvalue weighted by Crippen LogP contribution is -2.36. The first-order valence-corrected chi connectivity index (χ1v) is 9.28. The molecular weight excluding hydrogens is 521 g/mol. The van der Waals surface area contributed by atoms with Gasteiger partial charge in [-0.05, 0) is 37.3 Å². The lowest BCUT2D eigenvalue weighted by Gasteiger charge is -2.10. The minimum Gasteiger partial charge on any atom is -0.459 e. The summed E-state index contributed by atoms with van der Waals surface area (Å²) >= 11 is 3.45. The van der Waals surface area contributed by atoms with Gasteiger partial charge < -0.3 is 15.1 Å². The average molecular weight is 544 g/mol. The Kier molecular flexibility index (Phi) is 8.36. The first-order valence-electron chi connectivity index (χ1n) is 8.49. The van der Waals surface area contributed by atoms with Gasteiger partial charge in [0.25, 0.3) is 0 Å². The van der Waals surface area contributed by atoms with Crippen LogP contribution >= 0.6 is 39.9 Å². The van der Waals surface area contributed by atoms with Gasteiger partial charge in [0.2, 0.25) is 0 Å². The third-order valence-electron chi connectivity index (χ3n) is 3.89. The zero-order chi connectivity index (χ0) is 18.4. The van der Waals surface area contributed by atoms with Gasteiger partial charge in [-0.15, -0.1) is 24.0 Å². The van der Waals surface area contributed by atoms with E-state index in [1.807, 2.05) is 61.1 Å². The highest BCUT2D eigenvalue weighted by atomic mass is 127. The highest BCUT2D eigenvalue weighted by Gasteiger charge is 2.06. The Hall–Kier alpha value is -1.81. The Labute approximate surface area is 184 Å². The number of rotatable bonds is 6. The standard InChI is InChI=1S/C19H22BrN5O.HI/c1-3-21-19(22-12-16-10-11-24-25(16)2)23-13-17-8-9-18(26-17)14-4-6-15(20)7-5-14;/h4-11H,3,12-13H2,1-2H3,(H2,21,22,23);1H. The maximum Gasteiger partial charge on any atom is 0.192 e. The molecule has 0 saturated heterocycles. The van der Waals surface area contributed by atoms with Gasteiger partial charge in [0.1, 0.15) is 11.5 Å². The van der Waals surface area contributed by atoms with Crippen LogP contribution in [0.1, 0.15) is 18.4 Å². The summed E-state index contributed by atoms with van der Waals surface area (Å²) in [7, 11) is 1.91. The summed E-state index contributed by atoms with van der Waals surface area (Å²) < 4.78 is 8.81. The number of guanidine groups is 1. The van der Waals surface area contributed by atoms with Crippen LogP contribution in [-0.4, -0.2) is 22.3 Å². The van der Waals surface area contributed by atoms with Gasteiger partial charge in [0, 0.05) is 29.8 Å². The number of benzene rings is 1. The van der Waals surface area contributed by atoms with Crippen LogP contribution in [-0.2, 0) is 20.1 Å². The number of aliphatic imine (C=N–C) groups is 1. The molecule has 3 aromatic rings. The number of halogens is 2. The summed E-state index contributed by atoms with van der Waals surface area (Å²) in [6, 6.07) is 14.0. The van der Waals surface area contributed by atoms with Crippen molar-refractivity contribution < 1.29 is 4.42 Å². The van der Waals surface area contributed by atoms with Gasteiger partial charge >= 0.3 is 0 Å². The van der Waals surface area contributed by atoms with Gasteiger partial charge in [-0.3, -0.25) is 4.68 Å². The van der Waals surface area contributed by atoms with E-state index in [1.165, 1.54) is 0 Å². The molecule has 8 heteroatoms. The zero-order valence-corrected chi connectivity index (χ0v) is 19.2. The molecular formula is C19H23BrIN5O. The second-order valence-corrected chi connectivity index (χ2v) is 6.68. The number of aromatic nitrogens is 2. The molecule has 27 heavy (non-hydrogen) atoms. The average Bonchev–Trinajstić information content (AvgIpc) is 3.27. The summed E-state index contributed by atoms with van der Waals surface area (Å²) in [4.78, 5) is 4.59. The number of hydrogen-bond acceptors (Lipinski definition) is 3. The molecule has 0 atom stereocenters. The van der Waals surface area contributed by atoms with Gasteiger partial charge in [-0.2, -0.15) is 5.10 Å². The number of hydrogen-bond donors (Lipinski definition) is 2. The number of aryl methyl sites for hydroxylation is 1. The molecule has 2 aromatic heterocycles. The van der Waals surface area contributed by atoms with E-state index >= 15 is 0 Å². The molecule has 0 fully saturated rings. The monoisotopic (exact) mass is 543 g/mol. The molecule has 0 saturated carbocycles. The Morgan fingerprint density at radius 3 is 2.59 bits per heavy atom. The predicted molar refractivity (Wildman–Crippen MR) is 122 cm³/mol. The molecule has 2 heterocycles. The van der Waals surface area contributed by atoms with Crippen molar-refractivity contribution in [3.63, 3.8) is 0 Å². The lowest BCUT2D eigenvalue weighted by atomic mass is 10.2. The van der Waals surface area contributed by atoms with E-state index < -0.39 is 0 Å². The Morgan fingerprint density at radius 2 is 1.93 bits per heavy atom. The molecule has 144 valence electrons. The van der Waals surface area contributed by atoms with Crippen molar-refractivity contribution >= 4 is 45.9 Å². The fourth-order valence-corrected chi connectivity index (χ4v) is 2.74. The number of furan rings is 1. The van der Waals surface area contributed by atoms with Crippen LogP contribution in [0.2, 0.25) is 0 Å². The van der Waals surface area contributed by atoms with Gasteiger partial charge in [-0.1, -0.05) is 28.1 Å². The van der Waals surface area contributed by atoms with Crippen molar-refractivity contribution in [2.75, 3.05) is 6.54 Å². The molecule has 3 rings (SSSR count). The van der Waals surface area contributed by atoms with Gasteiger partial charge in [0.05, 0.1) is 18.8 Å². The third kappa shape index (κ3) is 6.10. The quantitative estimate of drug-likeness (QED) is 0.276. The zero-order valence-electron chi connectivity index (χ0n) is 15.3. The van der Waals surface area contributed by atoms with Crippen molar-refractivity contribution in [1.29, 1.82) is 0 Å². The van der Waals surface area contributed by atoms with E-state index in [2.05, 4.69) is 36.7 Å². The largest absolute Gasteiger partial charge is 0.459 e. The molecule has 1 aromatic carbocycles. The third-order valence-corrected chi connectivity index (χ3v) is 4.41. The SMILES string of the molecule is CCNC(=NCc1ccnn1C)NCc1ccc(-c2ccc(Br)cc2)o1.I. The second kappa shape index (κ2) is 10.5. The summed E-state index contributed by atoms with van der Waals surface area (Å²) in [6.45, 7) is 3.96. The predicted octanol–water partition coefficient (Wildman–Crippen LogP) is 4.32. The van der Waals surface area contributed by atoms with E-state index in [0.29, 0.717) is 13.1 Å². The fraction of sp³-hybridized carbons (Fsp3) is 0.263. The van der Waals surface area contributed by atoms with Crippen LogP contribution < -0.4 is 10.6 Å². The topological polar surface area (TPSA) is 67.4 Å². The molecule has 6 nitrogen and oxygen atoms in total. The van der Waals surface area contributed by atoms with Crippen LogP contribution in [0.15, 0.2) is 62.5 Å². The molecule has 0 aliphatic rings. The molecule has 0 unspecified atom stereocenters. The normalized spacial score (nSPS) is 11.1. The minimum absolute atomic E-state index is 0. The Balaban J connectivity index is 0.00000261. The van der Waals surface area contributed by atoms with Crippen LogP contribution in [0.3, 0.4) is 0 Å². The molecule has 0 bridgehead atoms. The first-order chi connectivity index (χ1) is 12.7.